The predicted octanol–water partition coefficient (Wildman–Crippen LogP) is 1.61. The van der Waals surface area contributed by atoms with Gasteiger partial charge in [-0.1, -0.05) is 20.8 Å². The third-order valence-electron chi connectivity index (χ3n) is 10.1. The zero-order chi connectivity index (χ0) is 23.1. The molecule has 0 aromatic rings. The molecule has 180 valence electrons. The standard InChI is InChI=1S/C25H33NO7/c1-12(2)23-18(32-23)19-25(33-19)22(3)8-6-13-14(11-29-20(13)28)15(22)10-16-24(25,31-16)21(23)30-17(27)7-9-26(4)5/h12,15-16,18-19,21H,6-11H2,1-5H3/t15-,16-,18-,19-,21?,22-,23-,24+,25+/m0/s1. The lowest BCUT2D eigenvalue weighted by Gasteiger charge is -2.53. The van der Waals surface area contributed by atoms with Crippen molar-refractivity contribution in [1.82, 2.24) is 4.90 Å². The molecule has 3 aliphatic carbocycles. The fraction of sp³-hybridized carbons (Fsp3) is 0.840. The summed E-state index contributed by atoms with van der Waals surface area (Å²) in [5.41, 5.74) is 0.00143. The van der Waals surface area contributed by atoms with E-state index < -0.39 is 22.9 Å². The molecule has 33 heavy (non-hydrogen) atoms. The molecule has 0 radical (unpaired) electrons. The van der Waals surface area contributed by atoms with Crippen LogP contribution in [0.4, 0.5) is 0 Å². The van der Waals surface area contributed by atoms with Gasteiger partial charge in [-0.05, 0) is 50.8 Å². The zero-order valence-corrected chi connectivity index (χ0v) is 20.0. The molecule has 0 amide bonds. The fourth-order valence-corrected chi connectivity index (χ4v) is 8.35. The molecule has 2 saturated carbocycles. The number of esters is 2. The largest absolute Gasteiger partial charge is 0.458 e. The molecule has 0 bridgehead atoms. The van der Waals surface area contributed by atoms with E-state index in [2.05, 4.69) is 20.8 Å². The van der Waals surface area contributed by atoms with Gasteiger partial charge in [-0.25, -0.2) is 4.79 Å². The monoisotopic (exact) mass is 459 g/mol. The van der Waals surface area contributed by atoms with Crippen molar-refractivity contribution in [3.63, 3.8) is 0 Å². The summed E-state index contributed by atoms with van der Waals surface area (Å²) in [4.78, 5) is 27.3. The highest BCUT2D eigenvalue weighted by Gasteiger charge is 3.01. The summed E-state index contributed by atoms with van der Waals surface area (Å²) >= 11 is 0. The van der Waals surface area contributed by atoms with Crippen molar-refractivity contribution in [2.24, 2.45) is 17.3 Å². The Bertz CT molecular complexity index is 1010. The summed E-state index contributed by atoms with van der Waals surface area (Å²) in [6, 6.07) is 0. The SMILES string of the molecule is CC(C)[C@]12O[C@H]1[C@@H]1O[C@@]13[C@@]1(C)CCC4=C(COC4=O)[C@@H]1C[C@@H]1O[C@@]13C2OC(=O)CCN(C)C. The highest BCUT2D eigenvalue weighted by molar-refractivity contribution is 5.92. The van der Waals surface area contributed by atoms with E-state index in [1.807, 2.05) is 19.0 Å². The molecular formula is C25H33NO7. The molecular weight excluding hydrogens is 426 g/mol. The van der Waals surface area contributed by atoms with Gasteiger partial charge >= 0.3 is 11.9 Å². The molecule has 4 heterocycles. The van der Waals surface area contributed by atoms with Crippen molar-refractivity contribution < 1.29 is 33.3 Å². The van der Waals surface area contributed by atoms with E-state index in [1.54, 1.807) is 0 Å². The average molecular weight is 460 g/mol. The van der Waals surface area contributed by atoms with E-state index in [-0.39, 0.29) is 47.5 Å². The minimum absolute atomic E-state index is 0.0606. The van der Waals surface area contributed by atoms with Crippen molar-refractivity contribution in [1.29, 1.82) is 0 Å². The Kier molecular flexibility index (Phi) is 3.80. The van der Waals surface area contributed by atoms with Crippen LogP contribution in [0.1, 0.15) is 46.5 Å². The normalized spacial score (nSPS) is 52.2. The van der Waals surface area contributed by atoms with E-state index in [0.29, 0.717) is 26.0 Å². The Labute approximate surface area is 193 Å². The van der Waals surface area contributed by atoms with Gasteiger partial charge in [0.15, 0.2) is 11.7 Å². The number of fused-ring (bicyclic) bond motifs is 4. The van der Waals surface area contributed by atoms with E-state index in [1.165, 1.54) is 0 Å². The second kappa shape index (κ2) is 6.01. The number of carbonyl (C=O) groups excluding carboxylic acids is 2. The van der Waals surface area contributed by atoms with Crippen molar-refractivity contribution in [3.8, 4) is 0 Å². The van der Waals surface area contributed by atoms with E-state index in [4.69, 9.17) is 23.7 Å². The van der Waals surface area contributed by atoms with Crippen molar-refractivity contribution in [2.75, 3.05) is 27.2 Å². The Morgan fingerprint density at radius 1 is 1.21 bits per heavy atom. The third kappa shape index (κ3) is 2.15. The number of ether oxygens (including phenoxy) is 5. The van der Waals surface area contributed by atoms with E-state index in [9.17, 15) is 9.59 Å². The molecule has 8 heteroatoms. The topological polar surface area (TPSA) is 93.4 Å². The number of rotatable bonds is 5. The van der Waals surface area contributed by atoms with Gasteiger partial charge in [0.25, 0.3) is 0 Å². The first-order valence-electron chi connectivity index (χ1n) is 12.4. The maximum atomic E-state index is 13.0. The van der Waals surface area contributed by atoms with Gasteiger partial charge in [0.1, 0.15) is 30.0 Å². The molecule has 1 unspecified atom stereocenters. The summed E-state index contributed by atoms with van der Waals surface area (Å²) < 4.78 is 31.5. The first-order valence-corrected chi connectivity index (χ1v) is 12.4. The number of cyclic esters (lactones) is 1. The van der Waals surface area contributed by atoms with Crippen LogP contribution in [-0.4, -0.2) is 85.3 Å². The van der Waals surface area contributed by atoms with Crippen LogP contribution in [0.25, 0.3) is 0 Å². The van der Waals surface area contributed by atoms with Gasteiger partial charge in [-0.15, -0.1) is 0 Å². The van der Waals surface area contributed by atoms with Gasteiger partial charge in [0.05, 0.1) is 12.5 Å². The predicted molar refractivity (Wildman–Crippen MR) is 114 cm³/mol. The molecule has 9 atom stereocenters. The maximum Gasteiger partial charge on any atom is 0.334 e. The molecule has 7 rings (SSSR count). The lowest BCUT2D eigenvalue weighted by molar-refractivity contribution is -0.169. The summed E-state index contributed by atoms with van der Waals surface area (Å²) in [6.07, 6.45) is 1.96. The number of carbonyl (C=O) groups is 2. The van der Waals surface area contributed by atoms with Crippen LogP contribution in [0.15, 0.2) is 11.1 Å². The lowest BCUT2D eigenvalue weighted by Crippen LogP contribution is -2.70. The van der Waals surface area contributed by atoms with Gasteiger partial charge in [-0.2, -0.15) is 0 Å². The molecule has 7 aliphatic rings. The zero-order valence-electron chi connectivity index (χ0n) is 20.0. The second-order valence-corrected chi connectivity index (χ2v) is 11.9. The van der Waals surface area contributed by atoms with E-state index in [0.717, 1.165) is 24.0 Å². The molecule has 2 spiro atoms. The molecule has 3 saturated heterocycles. The summed E-state index contributed by atoms with van der Waals surface area (Å²) in [5.74, 6) is -0.0278. The van der Waals surface area contributed by atoms with E-state index >= 15 is 0 Å². The molecule has 5 fully saturated rings. The Hall–Kier alpha value is -1.48. The van der Waals surface area contributed by atoms with Crippen LogP contribution >= 0.6 is 0 Å². The highest BCUT2D eigenvalue weighted by atomic mass is 16.8. The number of nitrogens with zero attached hydrogens (tertiary/aromatic N) is 1. The van der Waals surface area contributed by atoms with Gasteiger partial charge < -0.3 is 28.6 Å². The minimum Gasteiger partial charge on any atom is -0.458 e. The molecule has 4 aliphatic heterocycles. The molecule has 0 aromatic carbocycles. The van der Waals surface area contributed by atoms with Gasteiger partial charge in [-0.3, -0.25) is 4.79 Å². The average Bonchev–Trinajstić information content (AvgIpc) is 3.65. The van der Waals surface area contributed by atoms with Crippen LogP contribution in [-0.2, 0) is 33.3 Å². The van der Waals surface area contributed by atoms with Gasteiger partial charge in [0, 0.05) is 17.5 Å². The smallest absolute Gasteiger partial charge is 0.334 e. The van der Waals surface area contributed by atoms with Crippen LogP contribution in [0.5, 0.6) is 0 Å². The quantitative estimate of drug-likeness (QED) is 0.452. The Balaban J connectivity index is 1.29. The first kappa shape index (κ1) is 20.9. The number of hydrogen-bond donors (Lipinski definition) is 0. The maximum absolute atomic E-state index is 13.0. The van der Waals surface area contributed by atoms with Crippen molar-refractivity contribution in [3.05, 3.63) is 11.1 Å². The van der Waals surface area contributed by atoms with Crippen LogP contribution in [0, 0.1) is 17.3 Å². The van der Waals surface area contributed by atoms with Gasteiger partial charge in [0.2, 0.25) is 0 Å². The number of epoxide rings is 3. The Morgan fingerprint density at radius 2 is 2.00 bits per heavy atom. The third-order valence-corrected chi connectivity index (χ3v) is 10.1. The molecule has 8 nitrogen and oxygen atoms in total. The van der Waals surface area contributed by atoms with Crippen molar-refractivity contribution in [2.45, 2.75) is 87.7 Å². The summed E-state index contributed by atoms with van der Waals surface area (Å²) in [5, 5.41) is 0. The molecule has 0 aromatic heterocycles. The van der Waals surface area contributed by atoms with Crippen LogP contribution in [0.3, 0.4) is 0 Å². The van der Waals surface area contributed by atoms with Crippen LogP contribution < -0.4 is 0 Å². The number of hydrogen-bond acceptors (Lipinski definition) is 8. The second-order valence-electron chi connectivity index (χ2n) is 11.9. The lowest BCUT2D eigenvalue weighted by atomic mass is 9.46. The van der Waals surface area contributed by atoms with Crippen molar-refractivity contribution >= 4 is 11.9 Å². The minimum atomic E-state index is -0.671. The fourth-order valence-electron chi connectivity index (χ4n) is 8.35. The highest BCUT2D eigenvalue weighted by Crippen LogP contribution is 2.83. The summed E-state index contributed by atoms with van der Waals surface area (Å²) in [7, 11) is 3.90. The summed E-state index contributed by atoms with van der Waals surface area (Å²) in [6.45, 7) is 7.58. The first-order chi connectivity index (χ1) is 15.6. The molecule has 0 N–H and O–H groups in total. The Morgan fingerprint density at radius 3 is 2.73 bits per heavy atom. The van der Waals surface area contributed by atoms with Crippen LogP contribution in [0.2, 0.25) is 0 Å².